The highest BCUT2D eigenvalue weighted by Gasteiger charge is 2.16. The third-order valence-electron chi connectivity index (χ3n) is 3.55. The number of aliphatic hydroxyl groups is 1. The van der Waals surface area contributed by atoms with Gasteiger partial charge in [0, 0.05) is 12.6 Å². The molecule has 0 spiro atoms. The normalized spacial score (nSPS) is 22.9. The van der Waals surface area contributed by atoms with E-state index < -0.39 is 0 Å². The molecule has 0 amide bonds. The van der Waals surface area contributed by atoms with Crippen molar-refractivity contribution in [2.45, 2.75) is 58.1 Å². The first-order valence-corrected chi connectivity index (χ1v) is 6.90. The van der Waals surface area contributed by atoms with Gasteiger partial charge in [0.15, 0.2) is 0 Å². The lowest BCUT2D eigenvalue weighted by Crippen LogP contribution is -2.40. The van der Waals surface area contributed by atoms with Crippen molar-refractivity contribution < 1.29 is 5.11 Å². The minimum atomic E-state index is -0.0826. The molecule has 96 valence electrons. The molecule has 16 heavy (non-hydrogen) atoms. The van der Waals surface area contributed by atoms with Crippen molar-refractivity contribution >= 4 is 0 Å². The van der Waals surface area contributed by atoms with Gasteiger partial charge in [0.2, 0.25) is 0 Å². The molecule has 0 aliphatic carbocycles. The van der Waals surface area contributed by atoms with E-state index in [9.17, 15) is 5.11 Å². The Morgan fingerprint density at radius 1 is 1.38 bits per heavy atom. The Morgan fingerprint density at radius 2 is 2.12 bits per heavy atom. The highest BCUT2D eigenvalue weighted by Crippen LogP contribution is 2.09. The van der Waals surface area contributed by atoms with Crippen LogP contribution in [0.2, 0.25) is 0 Å². The van der Waals surface area contributed by atoms with Gasteiger partial charge >= 0.3 is 0 Å². The fourth-order valence-corrected chi connectivity index (χ4v) is 2.42. The molecule has 0 aromatic heterocycles. The molecule has 0 aromatic rings. The third kappa shape index (κ3) is 5.28. The predicted octanol–water partition coefficient (Wildman–Crippen LogP) is 1.61. The van der Waals surface area contributed by atoms with Gasteiger partial charge in [-0.1, -0.05) is 13.8 Å². The predicted molar refractivity (Wildman–Crippen MR) is 68.7 cm³/mol. The van der Waals surface area contributed by atoms with Crippen LogP contribution in [-0.2, 0) is 0 Å². The average molecular weight is 228 g/mol. The van der Waals surface area contributed by atoms with Gasteiger partial charge in [-0.3, -0.25) is 0 Å². The van der Waals surface area contributed by atoms with E-state index in [0.29, 0.717) is 6.04 Å². The summed E-state index contributed by atoms with van der Waals surface area (Å²) in [5.74, 6) is 0. The van der Waals surface area contributed by atoms with Crippen molar-refractivity contribution in [1.82, 2.24) is 10.2 Å². The summed E-state index contributed by atoms with van der Waals surface area (Å²) < 4.78 is 0. The fourth-order valence-electron chi connectivity index (χ4n) is 2.42. The van der Waals surface area contributed by atoms with Crippen LogP contribution in [0.4, 0.5) is 0 Å². The molecule has 1 rings (SSSR count). The largest absolute Gasteiger partial charge is 0.392 e. The van der Waals surface area contributed by atoms with E-state index in [1.54, 1.807) is 0 Å². The minimum Gasteiger partial charge on any atom is -0.392 e. The zero-order chi connectivity index (χ0) is 11.8. The first-order valence-electron chi connectivity index (χ1n) is 6.90. The van der Waals surface area contributed by atoms with Crippen molar-refractivity contribution in [3.63, 3.8) is 0 Å². The number of nitrogens with zero attached hydrogens (tertiary/aromatic N) is 1. The molecular weight excluding hydrogens is 200 g/mol. The molecule has 1 aliphatic heterocycles. The zero-order valence-electron chi connectivity index (χ0n) is 10.9. The Labute approximate surface area is 100 Å². The smallest absolute Gasteiger partial charge is 0.0667 e. The summed E-state index contributed by atoms with van der Waals surface area (Å²) in [4.78, 5) is 2.39. The van der Waals surface area contributed by atoms with E-state index in [-0.39, 0.29) is 6.10 Å². The highest BCUT2D eigenvalue weighted by molar-refractivity contribution is 4.72. The molecule has 1 aliphatic rings. The van der Waals surface area contributed by atoms with Crippen molar-refractivity contribution in [3.05, 3.63) is 0 Å². The summed E-state index contributed by atoms with van der Waals surface area (Å²) in [5, 5.41) is 13.1. The van der Waals surface area contributed by atoms with E-state index in [1.165, 1.54) is 25.8 Å². The minimum absolute atomic E-state index is 0.0826. The summed E-state index contributed by atoms with van der Waals surface area (Å²) >= 11 is 0. The lowest BCUT2D eigenvalue weighted by Gasteiger charge is -2.30. The summed E-state index contributed by atoms with van der Waals surface area (Å²) in [6, 6.07) is 0.687. The second-order valence-electron chi connectivity index (χ2n) is 4.92. The van der Waals surface area contributed by atoms with Crippen LogP contribution >= 0.6 is 0 Å². The summed E-state index contributed by atoms with van der Waals surface area (Å²) in [6.45, 7) is 8.76. The standard InChI is InChI=1S/C13H28N2O/c1-3-12(4-2)14-8-6-10-15-9-5-7-13(16)11-15/h12-14,16H,3-11H2,1-2H3/t13-/m1/s1. The maximum Gasteiger partial charge on any atom is 0.0667 e. The van der Waals surface area contributed by atoms with Crippen molar-refractivity contribution in [2.75, 3.05) is 26.2 Å². The molecule has 3 nitrogen and oxygen atoms in total. The number of nitrogens with one attached hydrogen (secondary N) is 1. The monoisotopic (exact) mass is 228 g/mol. The summed E-state index contributed by atoms with van der Waals surface area (Å²) in [7, 11) is 0. The molecule has 2 N–H and O–H groups in total. The van der Waals surface area contributed by atoms with Gasteiger partial charge in [-0.15, -0.1) is 0 Å². The Bertz CT molecular complexity index is 171. The third-order valence-corrected chi connectivity index (χ3v) is 3.55. The molecule has 0 unspecified atom stereocenters. The molecule has 1 fully saturated rings. The number of rotatable bonds is 7. The van der Waals surface area contributed by atoms with Gasteiger partial charge in [0.05, 0.1) is 6.10 Å². The van der Waals surface area contributed by atoms with Crippen LogP contribution < -0.4 is 5.32 Å². The summed E-state index contributed by atoms with van der Waals surface area (Å²) in [6.07, 6.45) is 5.70. The lowest BCUT2D eigenvalue weighted by molar-refractivity contribution is 0.0700. The average Bonchev–Trinajstić information content (AvgIpc) is 2.29. The fraction of sp³-hybridized carbons (Fsp3) is 1.00. The van der Waals surface area contributed by atoms with Crippen LogP contribution in [0, 0.1) is 0 Å². The molecule has 1 atom stereocenters. The number of aliphatic hydroxyl groups excluding tert-OH is 1. The Kier molecular flexibility index (Phi) is 7.01. The molecule has 0 bridgehead atoms. The molecule has 1 saturated heterocycles. The van der Waals surface area contributed by atoms with Gasteiger partial charge in [0.1, 0.15) is 0 Å². The number of β-amino-alcohol motifs (C(OH)–C–C–N with tert-alkyl or cyclic N) is 1. The van der Waals surface area contributed by atoms with Crippen LogP contribution in [0.1, 0.15) is 46.0 Å². The SMILES string of the molecule is CCC(CC)NCCCN1CCC[C@@H](O)C1. The van der Waals surface area contributed by atoms with Crippen molar-refractivity contribution in [1.29, 1.82) is 0 Å². The van der Waals surface area contributed by atoms with Crippen molar-refractivity contribution in [3.8, 4) is 0 Å². The maximum absolute atomic E-state index is 9.54. The van der Waals surface area contributed by atoms with Crippen LogP contribution in [0.5, 0.6) is 0 Å². The number of hydrogen-bond acceptors (Lipinski definition) is 3. The van der Waals surface area contributed by atoms with Crippen LogP contribution in [0.15, 0.2) is 0 Å². The molecule has 1 heterocycles. The second kappa shape index (κ2) is 8.04. The van der Waals surface area contributed by atoms with Crippen LogP contribution in [0.25, 0.3) is 0 Å². The quantitative estimate of drug-likeness (QED) is 0.650. The highest BCUT2D eigenvalue weighted by atomic mass is 16.3. The lowest BCUT2D eigenvalue weighted by atomic mass is 10.1. The Balaban J connectivity index is 2.02. The molecular formula is C13H28N2O. The first kappa shape index (κ1) is 13.9. The van der Waals surface area contributed by atoms with Gasteiger partial charge in [0.25, 0.3) is 0 Å². The Morgan fingerprint density at radius 3 is 2.75 bits per heavy atom. The number of piperidine rings is 1. The van der Waals surface area contributed by atoms with Gasteiger partial charge in [-0.25, -0.2) is 0 Å². The first-order chi connectivity index (χ1) is 7.76. The van der Waals surface area contributed by atoms with Crippen molar-refractivity contribution in [2.24, 2.45) is 0 Å². The number of hydrogen-bond donors (Lipinski definition) is 2. The van der Waals surface area contributed by atoms with E-state index >= 15 is 0 Å². The molecule has 0 aromatic carbocycles. The van der Waals surface area contributed by atoms with E-state index in [4.69, 9.17) is 0 Å². The maximum atomic E-state index is 9.54. The van der Waals surface area contributed by atoms with Gasteiger partial charge in [-0.05, 0) is 51.7 Å². The Hall–Kier alpha value is -0.120. The topological polar surface area (TPSA) is 35.5 Å². The number of likely N-dealkylation sites (tertiary alicyclic amines) is 1. The molecule has 3 heteroatoms. The van der Waals surface area contributed by atoms with Gasteiger partial charge in [-0.2, -0.15) is 0 Å². The zero-order valence-corrected chi connectivity index (χ0v) is 10.9. The van der Waals surface area contributed by atoms with E-state index in [0.717, 1.165) is 32.5 Å². The molecule has 0 radical (unpaired) electrons. The van der Waals surface area contributed by atoms with E-state index in [2.05, 4.69) is 24.1 Å². The van der Waals surface area contributed by atoms with Crippen LogP contribution in [0.3, 0.4) is 0 Å². The second-order valence-corrected chi connectivity index (χ2v) is 4.92. The van der Waals surface area contributed by atoms with E-state index in [1.807, 2.05) is 0 Å². The van der Waals surface area contributed by atoms with Crippen LogP contribution in [-0.4, -0.2) is 48.3 Å². The summed E-state index contributed by atoms with van der Waals surface area (Å²) in [5.41, 5.74) is 0. The van der Waals surface area contributed by atoms with Gasteiger partial charge < -0.3 is 15.3 Å². The molecule has 0 saturated carbocycles.